The number of hydrogen-bond acceptors (Lipinski definition) is 4. The summed E-state index contributed by atoms with van der Waals surface area (Å²) in [6, 6.07) is 0. The van der Waals surface area contributed by atoms with Crippen molar-refractivity contribution >= 4 is 11.5 Å². The number of pyridine rings is 1. The van der Waals surface area contributed by atoms with Crippen LogP contribution in [0.5, 0.6) is 0 Å². The molecule has 0 saturated carbocycles. The summed E-state index contributed by atoms with van der Waals surface area (Å²) >= 11 is 0. The minimum absolute atomic E-state index is 0.0588. The molecule has 7 heteroatoms. The van der Waals surface area contributed by atoms with Gasteiger partial charge in [0.1, 0.15) is 5.69 Å². The monoisotopic (exact) mass is 275 g/mol. The van der Waals surface area contributed by atoms with Crippen molar-refractivity contribution in [1.29, 1.82) is 0 Å². The molecular weight excluding hydrogens is 259 g/mol. The highest BCUT2D eigenvalue weighted by molar-refractivity contribution is 5.56. The lowest BCUT2D eigenvalue weighted by Crippen LogP contribution is -2.31. The number of aliphatic hydroxyl groups is 1. The first-order chi connectivity index (χ1) is 9.15. The van der Waals surface area contributed by atoms with E-state index in [-0.39, 0.29) is 19.0 Å². The van der Waals surface area contributed by atoms with Crippen molar-refractivity contribution in [3.63, 3.8) is 0 Å². The van der Waals surface area contributed by atoms with Gasteiger partial charge in [0.25, 0.3) is 5.95 Å². The number of nitrogens with one attached hydrogen (secondary N) is 1. The third-order valence-corrected chi connectivity index (χ3v) is 3.09. The maximum absolute atomic E-state index is 14.2. The Labute approximate surface area is 109 Å². The number of aromatic nitrogens is 1. The molecule has 4 nitrogen and oxygen atoms in total. The molecule has 1 aliphatic heterocycles. The van der Waals surface area contributed by atoms with Crippen LogP contribution in [0.25, 0.3) is 0 Å². The van der Waals surface area contributed by atoms with Gasteiger partial charge in [-0.1, -0.05) is 0 Å². The van der Waals surface area contributed by atoms with Crippen molar-refractivity contribution in [3.05, 3.63) is 17.6 Å². The zero-order valence-corrected chi connectivity index (χ0v) is 10.4. The minimum Gasteiger partial charge on any atom is -0.395 e. The first kappa shape index (κ1) is 13.9. The van der Waals surface area contributed by atoms with Gasteiger partial charge in [-0.15, -0.1) is 0 Å². The maximum atomic E-state index is 14.2. The normalized spacial score (nSPS) is 15.7. The van der Waals surface area contributed by atoms with Crippen LogP contribution in [0.15, 0.2) is 0 Å². The average Bonchev–Trinajstić information content (AvgIpc) is 2.44. The molecule has 0 bridgehead atoms. The molecule has 19 heavy (non-hydrogen) atoms. The predicted molar refractivity (Wildman–Crippen MR) is 65.8 cm³/mol. The van der Waals surface area contributed by atoms with Crippen molar-refractivity contribution in [2.45, 2.75) is 19.3 Å². The Morgan fingerprint density at radius 2 is 1.79 bits per heavy atom. The van der Waals surface area contributed by atoms with Crippen molar-refractivity contribution < 1.29 is 18.3 Å². The summed E-state index contributed by atoms with van der Waals surface area (Å²) in [6.07, 6.45) is 2.79. The molecule has 0 spiro atoms. The van der Waals surface area contributed by atoms with E-state index in [1.807, 2.05) is 0 Å². The van der Waals surface area contributed by atoms with Gasteiger partial charge in [0, 0.05) is 19.6 Å². The summed E-state index contributed by atoms with van der Waals surface area (Å²) in [6.45, 7) is 0.793. The van der Waals surface area contributed by atoms with Gasteiger partial charge in [0.2, 0.25) is 5.82 Å². The van der Waals surface area contributed by atoms with Crippen LogP contribution in [0, 0.1) is 17.6 Å². The molecule has 0 radical (unpaired) electrons. The minimum atomic E-state index is -1.35. The van der Waals surface area contributed by atoms with Crippen LogP contribution in [0.1, 0.15) is 19.3 Å². The predicted octanol–water partition coefficient (Wildman–Crippen LogP) is 1.89. The van der Waals surface area contributed by atoms with Crippen LogP contribution in [-0.4, -0.2) is 36.3 Å². The quantitative estimate of drug-likeness (QED) is 0.824. The van der Waals surface area contributed by atoms with E-state index in [4.69, 9.17) is 5.11 Å². The van der Waals surface area contributed by atoms with E-state index in [9.17, 15) is 13.2 Å². The Balaban J connectivity index is 2.35. The average molecular weight is 275 g/mol. The maximum Gasteiger partial charge on any atom is 0.253 e. The first-order valence-corrected chi connectivity index (χ1v) is 6.29. The Bertz CT molecular complexity index is 450. The summed E-state index contributed by atoms with van der Waals surface area (Å²) in [7, 11) is 0. The molecule has 0 amide bonds. The summed E-state index contributed by atoms with van der Waals surface area (Å²) in [4.78, 5) is 4.99. The van der Waals surface area contributed by atoms with Gasteiger partial charge in [-0.05, 0) is 19.3 Å². The number of halogens is 3. The van der Waals surface area contributed by atoms with Crippen molar-refractivity contribution in [1.82, 2.24) is 4.98 Å². The van der Waals surface area contributed by atoms with Gasteiger partial charge in [-0.3, -0.25) is 0 Å². The molecular formula is C12H16F3N3O. The standard InChI is InChI=1S/C12H16F3N3O/c13-8-10(16-4-7-19)9(14)12(17-11(8)15)18-5-2-1-3-6-18/h19H,1-7H2,(H,16,17). The van der Waals surface area contributed by atoms with Crippen LogP contribution in [0.4, 0.5) is 24.7 Å². The highest BCUT2D eigenvalue weighted by atomic mass is 19.2. The molecule has 2 rings (SSSR count). The van der Waals surface area contributed by atoms with Crippen molar-refractivity contribution in [2.24, 2.45) is 0 Å². The molecule has 1 aromatic heterocycles. The summed E-state index contributed by atoms with van der Waals surface area (Å²) < 4.78 is 41.1. The molecule has 0 aliphatic carbocycles. The highest BCUT2D eigenvalue weighted by Crippen LogP contribution is 2.29. The number of nitrogens with zero attached hydrogens (tertiary/aromatic N) is 2. The molecule has 0 aromatic carbocycles. The van der Waals surface area contributed by atoms with E-state index in [0.717, 1.165) is 19.3 Å². The summed E-state index contributed by atoms with van der Waals surface area (Å²) in [5.74, 6) is -3.76. The highest BCUT2D eigenvalue weighted by Gasteiger charge is 2.24. The Morgan fingerprint density at radius 3 is 2.42 bits per heavy atom. The van der Waals surface area contributed by atoms with Gasteiger partial charge in [-0.2, -0.15) is 13.8 Å². The number of rotatable bonds is 4. The number of anilines is 2. The summed E-state index contributed by atoms with van der Waals surface area (Å²) in [5, 5.41) is 11.0. The fourth-order valence-electron chi connectivity index (χ4n) is 2.15. The van der Waals surface area contributed by atoms with Gasteiger partial charge in [0.15, 0.2) is 11.6 Å². The number of piperidine rings is 1. The molecule has 1 aliphatic rings. The molecule has 1 aromatic rings. The fraction of sp³-hybridized carbons (Fsp3) is 0.583. The zero-order chi connectivity index (χ0) is 13.8. The molecule has 0 atom stereocenters. The molecule has 106 valence electrons. The fourth-order valence-corrected chi connectivity index (χ4v) is 2.15. The third-order valence-electron chi connectivity index (χ3n) is 3.09. The number of aliphatic hydroxyl groups excluding tert-OH is 1. The van der Waals surface area contributed by atoms with Crippen LogP contribution >= 0.6 is 0 Å². The molecule has 0 unspecified atom stereocenters. The van der Waals surface area contributed by atoms with E-state index in [2.05, 4.69) is 10.3 Å². The molecule has 2 N–H and O–H groups in total. The van der Waals surface area contributed by atoms with Crippen LogP contribution in [-0.2, 0) is 0 Å². The van der Waals surface area contributed by atoms with Gasteiger partial charge < -0.3 is 15.3 Å². The largest absolute Gasteiger partial charge is 0.395 e. The Morgan fingerprint density at radius 1 is 1.11 bits per heavy atom. The van der Waals surface area contributed by atoms with Crippen LogP contribution in [0.3, 0.4) is 0 Å². The lowest BCUT2D eigenvalue weighted by atomic mass is 10.1. The van der Waals surface area contributed by atoms with Crippen molar-refractivity contribution in [2.75, 3.05) is 36.5 Å². The van der Waals surface area contributed by atoms with E-state index >= 15 is 0 Å². The zero-order valence-electron chi connectivity index (χ0n) is 10.4. The molecule has 1 saturated heterocycles. The Kier molecular flexibility index (Phi) is 4.47. The van der Waals surface area contributed by atoms with Crippen LogP contribution in [0.2, 0.25) is 0 Å². The SMILES string of the molecule is OCCNc1c(F)c(F)nc(N2CCCCC2)c1F. The van der Waals surface area contributed by atoms with E-state index < -0.39 is 23.3 Å². The molecule has 1 fully saturated rings. The smallest absolute Gasteiger partial charge is 0.253 e. The third kappa shape index (κ3) is 2.91. The van der Waals surface area contributed by atoms with Gasteiger partial charge >= 0.3 is 0 Å². The lowest BCUT2D eigenvalue weighted by Gasteiger charge is -2.28. The van der Waals surface area contributed by atoms with E-state index in [1.54, 1.807) is 4.90 Å². The van der Waals surface area contributed by atoms with Gasteiger partial charge in [0.05, 0.1) is 6.61 Å². The van der Waals surface area contributed by atoms with E-state index in [1.165, 1.54) is 0 Å². The lowest BCUT2D eigenvalue weighted by molar-refractivity contribution is 0.310. The van der Waals surface area contributed by atoms with E-state index in [0.29, 0.717) is 13.1 Å². The second-order valence-corrected chi connectivity index (χ2v) is 4.43. The first-order valence-electron chi connectivity index (χ1n) is 6.29. The number of hydrogen-bond donors (Lipinski definition) is 2. The van der Waals surface area contributed by atoms with Crippen molar-refractivity contribution in [3.8, 4) is 0 Å². The topological polar surface area (TPSA) is 48.4 Å². The second kappa shape index (κ2) is 6.10. The van der Waals surface area contributed by atoms with Gasteiger partial charge in [-0.25, -0.2) is 4.39 Å². The molecule has 2 heterocycles. The second-order valence-electron chi connectivity index (χ2n) is 4.43. The Hall–Kier alpha value is -1.50. The summed E-state index contributed by atoms with van der Waals surface area (Å²) in [5.41, 5.74) is -0.567. The van der Waals surface area contributed by atoms with Crippen LogP contribution < -0.4 is 10.2 Å².